The third kappa shape index (κ3) is 3.06. The van der Waals surface area contributed by atoms with Crippen molar-refractivity contribution in [2.75, 3.05) is 0 Å². The molecule has 3 rings (SSSR count). The summed E-state index contributed by atoms with van der Waals surface area (Å²) in [6.45, 7) is 1.83. The van der Waals surface area contributed by atoms with Crippen LogP contribution in [0.5, 0.6) is 5.75 Å². The smallest absolute Gasteiger partial charge is 0.336 e. The standard InChI is InChI=1S/C18H14O4/c1-12-9-17(19)22-16-11-14(7-8-15(12)16)21-18(20)10-13-5-3-2-4-6-13/h2-9,11H,10H2,1H3. The van der Waals surface area contributed by atoms with E-state index in [1.54, 1.807) is 18.2 Å². The number of esters is 1. The van der Waals surface area contributed by atoms with Gasteiger partial charge in [0.05, 0.1) is 6.42 Å². The molecule has 4 heteroatoms. The van der Waals surface area contributed by atoms with Gasteiger partial charge in [-0.1, -0.05) is 30.3 Å². The van der Waals surface area contributed by atoms with Crippen LogP contribution in [-0.4, -0.2) is 5.97 Å². The van der Waals surface area contributed by atoms with Crippen LogP contribution in [0.25, 0.3) is 11.0 Å². The molecule has 0 aliphatic rings. The molecule has 1 heterocycles. The molecule has 0 bridgehead atoms. The number of hydrogen-bond donors (Lipinski definition) is 0. The topological polar surface area (TPSA) is 56.5 Å². The van der Waals surface area contributed by atoms with Crippen molar-refractivity contribution in [1.82, 2.24) is 0 Å². The summed E-state index contributed by atoms with van der Waals surface area (Å²) in [5, 5.41) is 0.822. The summed E-state index contributed by atoms with van der Waals surface area (Å²) in [5.74, 6) is 0.00253. The lowest BCUT2D eigenvalue weighted by Crippen LogP contribution is -2.11. The van der Waals surface area contributed by atoms with E-state index in [-0.39, 0.29) is 12.4 Å². The molecule has 0 aliphatic heterocycles. The van der Waals surface area contributed by atoms with Gasteiger partial charge >= 0.3 is 11.6 Å². The zero-order chi connectivity index (χ0) is 15.5. The third-order valence-corrected chi connectivity index (χ3v) is 3.35. The van der Waals surface area contributed by atoms with E-state index < -0.39 is 5.63 Å². The van der Waals surface area contributed by atoms with E-state index in [4.69, 9.17) is 9.15 Å². The van der Waals surface area contributed by atoms with Crippen molar-refractivity contribution >= 4 is 16.9 Å². The molecule has 0 unspecified atom stereocenters. The molecule has 4 nitrogen and oxygen atoms in total. The number of carbonyl (C=O) groups excluding carboxylic acids is 1. The molecule has 0 radical (unpaired) electrons. The second-order valence-corrected chi connectivity index (χ2v) is 5.04. The van der Waals surface area contributed by atoms with Gasteiger partial charge in [0.25, 0.3) is 0 Å². The van der Waals surface area contributed by atoms with E-state index in [1.165, 1.54) is 6.07 Å². The molecule has 22 heavy (non-hydrogen) atoms. The van der Waals surface area contributed by atoms with Crippen molar-refractivity contribution in [3.63, 3.8) is 0 Å². The van der Waals surface area contributed by atoms with E-state index in [1.807, 2.05) is 37.3 Å². The van der Waals surface area contributed by atoms with Crippen molar-refractivity contribution in [1.29, 1.82) is 0 Å². The molecule has 0 fully saturated rings. The Labute approximate surface area is 127 Å². The van der Waals surface area contributed by atoms with E-state index in [2.05, 4.69) is 0 Å². The van der Waals surface area contributed by atoms with Crippen molar-refractivity contribution < 1.29 is 13.9 Å². The Morgan fingerprint density at radius 1 is 1.09 bits per heavy atom. The van der Waals surface area contributed by atoms with Gasteiger partial charge in [0.15, 0.2) is 0 Å². The van der Waals surface area contributed by atoms with Gasteiger partial charge in [-0.05, 0) is 30.2 Å². The molecule has 0 saturated carbocycles. The number of aryl methyl sites for hydroxylation is 1. The summed E-state index contributed by atoms with van der Waals surface area (Å²) in [6.07, 6.45) is 0.191. The Balaban J connectivity index is 1.82. The second kappa shape index (κ2) is 5.85. The number of benzene rings is 2. The quantitative estimate of drug-likeness (QED) is 0.423. The first kappa shape index (κ1) is 14.1. The number of hydrogen-bond acceptors (Lipinski definition) is 4. The van der Waals surface area contributed by atoms with Crippen molar-refractivity contribution in [2.45, 2.75) is 13.3 Å². The first-order valence-electron chi connectivity index (χ1n) is 6.91. The zero-order valence-corrected chi connectivity index (χ0v) is 12.0. The van der Waals surface area contributed by atoms with Crippen LogP contribution < -0.4 is 10.4 Å². The Morgan fingerprint density at radius 3 is 2.64 bits per heavy atom. The van der Waals surface area contributed by atoms with Gasteiger partial charge in [-0.25, -0.2) is 4.79 Å². The number of rotatable bonds is 3. The van der Waals surface area contributed by atoms with Crippen LogP contribution in [0.15, 0.2) is 63.8 Å². The summed E-state index contributed by atoms with van der Waals surface area (Å²) >= 11 is 0. The molecule has 0 N–H and O–H groups in total. The molecule has 1 aromatic heterocycles. The van der Waals surface area contributed by atoms with Gasteiger partial charge < -0.3 is 9.15 Å². The molecule has 2 aromatic carbocycles. The Bertz CT molecular complexity index is 878. The van der Waals surface area contributed by atoms with Crippen LogP contribution in [0.1, 0.15) is 11.1 Å². The van der Waals surface area contributed by atoms with Crippen molar-refractivity contribution in [3.8, 4) is 5.75 Å². The molecule has 0 atom stereocenters. The van der Waals surface area contributed by atoms with E-state index >= 15 is 0 Å². The SMILES string of the molecule is Cc1cc(=O)oc2cc(OC(=O)Cc3ccccc3)ccc12. The highest BCUT2D eigenvalue weighted by Gasteiger charge is 2.09. The highest BCUT2D eigenvalue weighted by Crippen LogP contribution is 2.22. The van der Waals surface area contributed by atoms with Gasteiger partial charge in [-0.3, -0.25) is 4.79 Å². The summed E-state index contributed by atoms with van der Waals surface area (Å²) in [6, 6.07) is 15.8. The molecular formula is C18H14O4. The first-order valence-corrected chi connectivity index (χ1v) is 6.91. The second-order valence-electron chi connectivity index (χ2n) is 5.04. The number of fused-ring (bicyclic) bond motifs is 1. The fourth-order valence-electron chi connectivity index (χ4n) is 2.30. The Kier molecular flexibility index (Phi) is 3.74. The predicted molar refractivity (Wildman–Crippen MR) is 83.0 cm³/mol. The average molecular weight is 294 g/mol. The third-order valence-electron chi connectivity index (χ3n) is 3.35. The van der Waals surface area contributed by atoms with Crippen LogP contribution in [0.4, 0.5) is 0 Å². The van der Waals surface area contributed by atoms with Gasteiger partial charge in [-0.15, -0.1) is 0 Å². The molecule has 3 aromatic rings. The number of carbonyl (C=O) groups is 1. The average Bonchev–Trinajstić information content (AvgIpc) is 2.47. The van der Waals surface area contributed by atoms with Crippen LogP contribution >= 0.6 is 0 Å². The zero-order valence-electron chi connectivity index (χ0n) is 12.0. The fraction of sp³-hybridized carbons (Fsp3) is 0.111. The lowest BCUT2D eigenvalue weighted by Gasteiger charge is -2.06. The maximum absolute atomic E-state index is 11.9. The van der Waals surface area contributed by atoms with E-state index in [9.17, 15) is 9.59 Å². The summed E-state index contributed by atoms with van der Waals surface area (Å²) in [4.78, 5) is 23.3. The molecule has 110 valence electrons. The van der Waals surface area contributed by atoms with Gasteiger partial charge in [0.1, 0.15) is 11.3 Å². The maximum atomic E-state index is 11.9. The summed E-state index contributed by atoms with van der Waals surface area (Å²) < 4.78 is 10.4. The van der Waals surface area contributed by atoms with Gasteiger partial charge in [0, 0.05) is 17.5 Å². The van der Waals surface area contributed by atoms with Crippen LogP contribution in [-0.2, 0) is 11.2 Å². The molecule has 0 spiro atoms. The monoisotopic (exact) mass is 294 g/mol. The lowest BCUT2D eigenvalue weighted by molar-refractivity contribution is -0.133. The summed E-state index contributed by atoms with van der Waals surface area (Å²) in [5.41, 5.74) is 1.71. The normalized spacial score (nSPS) is 10.6. The molecule has 0 saturated heterocycles. The minimum Gasteiger partial charge on any atom is -0.426 e. The lowest BCUT2D eigenvalue weighted by atomic mass is 10.1. The molecule has 0 aliphatic carbocycles. The van der Waals surface area contributed by atoms with Crippen molar-refractivity contribution in [2.24, 2.45) is 0 Å². The minimum absolute atomic E-state index is 0.191. The van der Waals surface area contributed by atoms with Gasteiger partial charge in [-0.2, -0.15) is 0 Å². The fourth-order valence-corrected chi connectivity index (χ4v) is 2.30. The maximum Gasteiger partial charge on any atom is 0.336 e. The highest BCUT2D eigenvalue weighted by molar-refractivity contribution is 5.82. The van der Waals surface area contributed by atoms with E-state index in [0.717, 1.165) is 16.5 Å². The Morgan fingerprint density at radius 2 is 1.86 bits per heavy atom. The number of ether oxygens (including phenoxy) is 1. The van der Waals surface area contributed by atoms with Gasteiger partial charge in [0.2, 0.25) is 0 Å². The first-order chi connectivity index (χ1) is 10.6. The molecule has 0 amide bonds. The van der Waals surface area contributed by atoms with Crippen LogP contribution in [0.2, 0.25) is 0 Å². The van der Waals surface area contributed by atoms with E-state index in [0.29, 0.717) is 11.3 Å². The van der Waals surface area contributed by atoms with Crippen LogP contribution in [0.3, 0.4) is 0 Å². The highest BCUT2D eigenvalue weighted by atomic mass is 16.5. The summed E-state index contributed by atoms with van der Waals surface area (Å²) in [7, 11) is 0. The predicted octanol–water partition coefficient (Wildman–Crippen LogP) is 3.25. The Hall–Kier alpha value is -2.88. The largest absolute Gasteiger partial charge is 0.426 e. The molecular weight excluding hydrogens is 280 g/mol. The van der Waals surface area contributed by atoms with Crippen LogP contribution in [0, 0.1) is 6.92 Å². The van der Waals surface area contributed by atoms with Crippen molar-refractivity contribution in [3.05, 3.63) is 76.1 Å². The minimum atomic E-state index is -0.419.